The summed E-state index contributed by atoms with van der Waals surface area (Å²) < 4.78 is 0. The molecule has 0 bridgehead atoms. The van der Waals surface area contributed by atoms with Gasteiger partial charge in [0.05, 0.1) is 12.2 Å². The number of benzene rings is 2. The molecule has 110 valence electrons. The van der Waals surface area contributed by atoms with Crippen molar-refractivity contribution in [1.29, 1.82) is 0 Å². The number of aromatic hydroxyl groups is 1. The number of phenolic OH excluding ortho intramolecular Hbond substituents is 1. The molecule has 0 heterocycles. The van der Waals surface area contributed by atoms with Gasteiger partial charge in [0, 0.05) is 18.1 Å². The van der Waals surface area contributed by atoms with E-state index in [1.807, 2.05) is 30.3 Å². The Morgan fingerprint density at radius 1 is 1.14 bits per heavy atom. The number of phenols is 1. The molecule has 4 nitrogen and oxygen atoms in total. The first kappa shape index (κ1) is 15.4. The van der Waals surface area contributed by atoms with Gasteiger partial charge in [-0.15, -0.1) is 0 Å². The lowest BCUT2D eigenvalue weighted by molar-refractivity contribution is 0.0705. The van der Waals surface area contributed by atoms with Gasteiger partial charge in [0.15, 0.2) is 0 Å². The van der Waals surface area contributed by atoms with Gasteiger partial charge in [0.25, 0.3) is 5.91 Å². The number of halogens is 1. The second-order valence-corrected chi connectivity index (χ2v) is 5.03. The molecule has 1 amide bonds. The number of aliphatic hydroxyl groups excluding tert-OH is 1. The Kier molecular flexibility index (Phi) is 5.20. The highest BCUT2D eigenvalue weighted by Gasteiger charge is 2.19. The first-order chi connectivity index (χ1) is 10.1. The van der Waals surface area contributed by atoms with Crippen LogP contribution in [-0.4, -0.2) is 34.2 Å². The Balaban J connectivity index is 2.23. The van der Waals surface area contributed by atoms with Crippen LogP contribution < -0.4 is 0 Å². The summed E-state index contributed by atoms with van der Waals surface area (Å²) in [6, 6.07) is 13.8. The first-order valence-electron chi connectivity index (χ1n) is 6.54. The second kappa shape index (κ2) is 7.11. The molecule has 21 heavy (non-hydrogen) atoms. The molecule has 2 aromatic rings. The number of hydrogen-bond donors (Lipinski definition) is 2. The van der Waals surface area contributed by atoms with Gasteiger partial charge < -0.3 is 15.1 Å². The van der Waals surface area contributed by atoms with E-state index < -0.39 is 0 Å². The zero-order chi connectivity index (χ0) is 15.2. The lowest BCUT2D eigenvalue weighted by Gasteiger charge is -2.22. The van der Waals surface area contributed by atoms with Crippen LogP contribution in [0.4, 0.5) is 0 Å². The van der Waals surface area contributed by atoms with Gasteiger partial charge in [0.1, 0.15) is 5.75 Å². The fraction of sp³-hybridized carbons (Fsp3) is 0.188. The number of nitrogens with zero attached hydrogens (tertiary/aromatic N) is 1. The van der Waals surface area contributed by atoms with Gasteiger partial charge >= 0.3 is 0 Å². The summed E-state index contributed by atoms with van der Waals surface area (Å²) in [5.41, 5.74) is 1.12. The van der Waals surface area contributed by atoms with Crippen molar-refractivity contribution in [3.8, 4) is 5.75 Å². The summed E-state index contributed by atoms with van der Waals surface area (Å²) in [5.74, 6) is -0.509. The smallest absolute Gasteiger partial charge is 0.257 e. The van der Waals surface area contributed by atoms with Crippen LogP contribution in [0.15, 0.2) is 48.5 Å². The Morgan fingerprint density at radius 3 is 2.48 bits per heavy atom. The molecule has 0 aliphatic heterocycles. The van der Waals surface area contributed by atoms with Gasteiger partial charge in [-0.3, -0.25) is 4.79 Å². The maximum absolute atomic E-state index is 12.5. The number of carbonyl (C=O) groups is 1. The fourth-order valence-electron chi connectivity index (χ4n) is 2.03. The molecule has 0 aromatic heterocycles. The van der Waals surface area contributed by atoms with Crippen LogP contribution in [0.5, 0.6) is 5.75 Å². The molecule has 0 fully saturated rings. The van der Waals surface area contributed by atoms with E-state index in [9.17, 15) is 9.90 Å². The zero-order valence-electron chi connectivity index (χ0n) is 11.4. The Hall–Kier alpha value is -2.04. The van der Waals surface area contributed by atoms with Crippen LogP contribution in [0.25, 0.3) is 0 Å². The number of amides is 1. The molecule has 5 heteroatoms. The molecule has 0 aliphatic rings. The zero-order valence-corrected chi connectivity index (χ0v) is 12.1. The summed E-state index contributed by atoms with van der Waals surface area (Å²) >= 11 is 5.77. The molecule has 0 saturated carbocycles. The molecule has 0 spiro atoms. The highest BCUT2D eigenvalue weighted by molar-refractivity contribution is 6.30. The van der Waals surface area contributed by atoms with E-state index in [4.69, 9.17) is 16.7 Å². The molecular weight excluding hydrogens is 290 g/mol. The van der Waals surface area contributed by atoms with Gasteiger partial charge in [0.2, 0.25) is 0 Å². The standard InChI is InChI=1S/C16H16ClNO3/c17-13-6-7-14(15(20)10-13)16(21)18(8-9-19)11-12-4-2-1-3-5-12/h1-7,10,19-20H,8-9,11H2. The number of aliphatic hydroxyl groups is 1. The number of carbonyl (C=O) groups excluding carboxylic acids is 1. The average Bonchev–Trinajstić information content (AvgIpc) is 2.47. The van der Waals surface area contributed by atoms with E-state index >= 15 is 0 Å². The van der Waals surface area contributed by atoms with Crippen LogP contribution in [-0.2, 0) is 6.54 Å². The van der Waals surface area contributed by atoms with E-state index in [1.165, 1.54) is 17.0 Å². The van der Waals surface area contributed by atoms with E-state index in [2.05, 4.69) is 0 Å². The minimum Gasteiger partial charge on any atom is -0.507 e. The van der Waals surface area contributed by atoms with E-state index in [-0.39, 0.29) is 30.4 Å². The molecule has 2 N–H and O–H groups in total. The van der Waals surface area contributed by atoms with Crippen LogP contribution in [0.2, 0.25) is 5.02 Å². The third-order valence-corrected chi connectivity index (χ3v) is 3.30. The summed E-state index contributed by atoms with van der Waals surface area (Å²) in [4.78, 5) is 14.0. The summed E-state index contributed by atoms with van der Waals surface area (Å²) in [7, 11) is 0. The largest absolute Gasteiger partial charge is 0.507 e. The second-order valence-electron chi connectivity index (χ2n) is 4.60. The third-order valence-electron chi connectivity index (χ3n) is 3.06. The normalized spacial score (nSPS) is 10.4. The van der Waals surface area contributed by atoms with Crippen molar-refractivity contribution in [2.75, 3.05) is 13.2 Å². The monoisotopic (exact) mass is 305 g/mol. The summed E-state index contributed by atoms with van der Waals surface area (Å²) in [6.07, 6.45) is 0. The predicted octanol–water partition coefficient (Wildman–Crippen LogP) is 2.68. The van der Waals surface area contributed by atoms with Crippen molar-refractivity contribution in [3.63, 3.8) is 0 Å². The lowest BCUT2D eigenvalue weighted by atomic mass is 10.1. The average molecular weight is 306 g/mol. The third kappa shape index (κ3) is 3.97. The quantitative estimate of drug-likeness (QED) is 0.893. The van der Waals surface area contributed by atoms with E-state index in [0.29, 0.717) is 11.6 Å². The minimum atomic E-state index is -0.345. The van der Waals surface area contributed by atoms with Crippen LogP contribution in [0.1, 0.15) is 15.9 Å². The Bertz CT molecular complexity index is 616. The maximum atomic E-state index is 12.5. The SMILES string of the molecule is O=C(c1ccc(Cl)cc1O)N(CCO)Cc1ccccc1. The number of hydrogen-bond acceptors (Lipinski definition) is 3. The summed E-state index contributed by atoms with van der Waals surface area (Å²) in [5, 5.41) is 19.4. The van der Waals surface area contributed by atoms with Gasteiger partial charge in [-0.05, 0) is 23.8 Å². The predicted molar refractivity (Wildman–Crippen MR) is 81.4 cm³/mol. The van der Waals surface area contributed by atoms with Crippen LogP contribution >= 0.6 is 11.6 Å². The van der Waals surface area contributed by atoms with Crippen molar-refractivity contribution in [2.24, 2.45) is 0 Å². The fourth-order valence-corrected chi connectivity index (χ4v) is 2.20. The van der Waals surface area contributed by atoms with E-state index in [1.54, 1.807) is 6.07 Å². The van der Waals surface area contributed by atoms with Crippen molar-refractivity contribution < 1.29 is 15.0 Å². The van der Waals surface area contributed by atoms with Crippen LogP contribution in [0.3, 0.4) is 0 Å². The highest BCUT2D eigenvalue weighted by atomic mass is 35.5. The highest BCUT2D eigenvalue weighted by Crippen LogP contribution is 2.23. The molecular formula is C16H16ClNO3. The molecule has 0 saturated heterocycles. The molecule has 2 aromatic carbocycles. The van der Waals surface area contributed by atoms with Crippen molar-refractivity contribution >= 4 is 17.5 Å². The van der Waals surface area contributed by atoms with Gasteiger partial charge in [-0.2, -0.15) is 0 Å². The topological polar surface area (TPSA) is 60.8 Å². The van der Waals surface area contributed by atoms with Crippen molar-refractivity contribution in [3.05, 3.63) is 64.7 Å². The molecule has 2 rings (SSSR count). The van der Waals surface area contributed by atoms with Crippen molar-refractivity contribution in [1.82, 2.24) is 4.90 Å². The molecule has 0 unspecified atom stereocenters. The minimum absolute atomic E-state index is 0.146. The number of rotatable bonds is 5. The van der Waals surface area contributed by atoms with Gasteiger partial charge in [-0.1, -0.05) is 41.9 Å². The lowest BCUT2D eigenvalue weighted by Crippen LogP contribution is -2.33. The molecule has 0 radical (unpaired) electrons. The first-order valence-corrected chi connectivity index (χ1v) is 6.92. The van der Waals surface area contributed by atoms with Gasteiger partial charge in [-0.25, -0.2) is 0 Å². The molecule has 0 atom stereocenters. The molecule has 0 aliphatic carbocycles. The Morgan fingerprint density at radius 2 is 1.86 bits per heavy atom. The van der Waals surface area contributed by atoms with E-state index in [0.717, 1.165) is 5.56 Å². The van der Waals surface area contributed by atoms with Crippen LogP contribution in [0, 0.1) is 0 Å². The Labute approximate surface area is 128 Å². The summed E-state index contributed by atoms with van der Waals surface area (Å²) in [6.45, 7) is 0.408. The maximum Gasteiger partial charge on any atom is 0.257 e. The van der Waals surface area contributed by atoms with Crippen molar-refractivity contribution in [2.45, 2.75) is 6.54 Å².